The molecule has 0 spiro atoms. The summed E-state index contributed by atoms with van der Waals surface area (Å²) < 4.78 is 26.8. The maximum atomic E-state index is 12.6. The van der Waals surface area contributed by atoms with E-state index in [9.17, 15) is 18.0 Å². The highest BCUT2D eigenvalue weighted by Gasteiger charge is 2.17. The summed E-state index contributed by atoms with van der Waals surface area (Å²) in [6.45, 7) is 1.09. The molecule has 0 saturated heterocycles. The van der Waals surface area contributed by atoms with Gasteiger partial charge >= 0.3 is 0 Å². The Balaban J connectivity index is 1.94. The zero-order valence-corrected chi connectivity index (χ0v) is 14.8. The first-order chi connectivity index (χ1) is 12.8. The second-order valence-electron chi connectivity index (χ2n) is 5.53. The van der Waals surface area contributed by atoms with Crippen LogP contribution in [0.25, 0.3) is 16.9 Å². The SMILES string of the molecule is CC(=O)NS(=O)(=O)c1ccc(-n2[nH]cc(-c3ccc(C#N)cc3)c2=O)nc1. The fourth-order valence-electron chi connectivity index (χ4n) is 2.38. The molecular formula is C17H13N5O4S. The summed E-state index contributed by atoms with van der Waals surface area (Å²) in [5.41, 5.74) is 1.09. The van der Waals surface area contributed by atoms with Crippen LogP contribution < -0.4 is 10.3 Å². The third-order valence-corrected chi connectivity index (χ3v) is 5.05. The van der Waals surface area contributed by atoms with Gasteiger partial charge in [-0.05, 0) is 29.8 Å². The highest BCUT2D eigenvalue weighted by atomic mass is 32.2. The van der Waals surface area contributed by atoms with Crippen LogP contribution in [0.15, 0.2) is 58.5 Å². The Labute approximate surface area is 153 Å². The Morgan fingerprint density at radius 2 is 1.93 bits per heavy atom. The molecule has 0 aliphatic carbocycles. The Morgan fingerprint density at radius 1 is 1.22 bits per heavy atom. The van der Waals surface area contributed by atoms with Crippen LogP contribution in [-0.2, 0) is 14.8 Å². The molecule has 3 rings (SSSR count). The van der Waals surface area contributed by atoms with E-state index in [1.54, 1.807) is 24.3 Å². The van der Waals surface area contributed by atoms with Gasteiger partial charge in [-0.15, -0.1) is 0 Å². The molecule has 0 aliphatic rings. The number of aromatic nitrogens is 3. The summed E-state index contributed by atoms with van der Waals surface area (Å²) in [5, 5.41) is 11.6. The number of pyridine rings is 1. The smallest absolute Gasteiger partial charge is 0.280 e. The summed E-state index contributed by atoms with van der Waals surface area (Å²) in [6, 6.07) is 11.1. The summed E-state index contributed by atoms with van der Waals surface area (Å²) >= 11 is 0. The summed E-state index contributed by atoms with van der Waals surface area (Å²) in [5.74, 6) is -0.534. The topological polar surface area (TPSA) is 138 Å². The van der Waals surface area contributed by atoms with Crippen LogP contribution in [0.5, 0.6) is 0 Å². The molecule has 10 heteroatoms. The first-order valence-electron chi connectivity index (χ1n) is 7.62. The fraction of sp³-hybridized carbons (Fsp3) is 0.0588. The minimum Gasteiger partial charge on any atom is -0.296 e. The second-order valence-corrected chi connectivity index (χ2v) is 7.21. The summed E-state index contributed by atoms with van der Waals surface area (Å²) in [4.78, 5) is 27.3. The zero-order valence-electron chi connectivity index (χ0n) is 14.0. The van der Waals surface area contributed by atoms with E-state index < -0.39 is 15.9 Å². The van der Waals surface area contributed by atoms with E-state index in [2.05, 4.69) is 10.1 Å². The predicted molar refractivity (Wildman–Crippen MR) is 95.3 cm³/mol. The van der Waals surface area contributed by atoms with Crippen molar-refractivity contribution in [2.45, 2.75) is 11.8 Å². The number of sulfonamides is 1. The van der Waals surface area contributed by atoms with Gasteiger partial charge < -0.3 is 0 Å². The Hall–Kier alpha value is -3.71. The average molecular weight is 383 g/mol. The highest BCUT2D eigenvalue weighted by molar-refractivity contribution is 7.90. The number of carbonyl (C=O) groups is 1. The minimum absolute atomic E-state index is 0.182. The van der Waals surface area contributed by atoms with Gasteiger partial charge in [-0.1, -0.05) is 12.1 Å². The molecule has 0 radical (unpaired) electrons. The van der Waals surface area contributed by atoms with Crippen LogP contribution in [0, 0.1) is 11.3 Å². The van der Waals surface area contributed by atoms with Crippen molar-refractivity contribution in [3.8, 4) is 23.0 Å². The lowest BCUT2D eigenvalue weighted by Gasteiger charge is -2.05. The van der Waals surface area contributed by atoms with E-state index in [4.69, 9.17) is 5.26 Å². The maximum Gasteiger partial charge on any atom is 0.280 e. The number of carbonyl (C=O) groups excluding carboxylic acids is 1. The van der Waals surface area contributed by atoms with E-state index >= 15 is 0 Å². The Morgan fingerprint density at radius 3 is 2.48 bits per heavy atom. The van der Waals surface area contributed by atoms with Gasteiger partial charge in [0.25, 0.3) is 15.6 Å². The van der Waals surface area contributed by atoms with E-state index in [0.29, 0.717) is 16.7 Å². The number of nitrogens with one attached hydrogen (secondary N) is 2. The number of nitrogens with zero attached hydrogens (tertiary/aromatic N) is 3. The molecule has 2 aromatic heterocycles. The van der Waals surface area contributed by atoms with Crippen LogP contribution in [0.2, 0.25) is 0 Å². The molecule has 2 heterocycles. The largest absolute Gasteiger partial charge is 0.296 e. The Bertz CT molecular complexity index is 1200. The molecule has 3 aromatic rings. The monoisotopic (exact) mass is 383 g/mol. The first kappa shape index (κ1) is 18.1. The van der Waals surface area contributed by atoms with E-state index in [0.717, 1.165) is 17.8 Å². The van der Waals surface area contributed by atoms with E-state index in [1.807, 2.05) is 10.8 Å². The van der Waals surface area contributed by atoms with Gasteiger partial charge in [-0.25, -0.2) is 22.8 Å². The third-order valence-electron chi connectivity index (χ3n) is 3.63. The lowest BCUT2D eigenvalue weighted by molar-refractivity contribution is -0.117. The molecule has 0 unspecified atom stereocenters. The van der Waals surface area contributed by atoms with Crippen LogP contribution in [0.3, 0.4) is 0 Å². The predicted octanol–water partition coefficient (Wildman–Crippen LogP) is 0.924. The minimum atomic E-state index is -4.00. The number of hydrogen-bond acceptors (Lipinski definition) is 6. The number of rotatable bonds is 4. The van der Waals surface area contributed by atoms with Gasteiger partial charge in [0, 0.05) is 19.3 Å². The number of amides is 1. The third kappa shape index (κ3) is 3.63. The lowest BCUT2D eigenvalue weighted by Crippen LogP contribution is -2.28. The molecule has 0 atom stereocenters. The molecule has 27 heavy (non-hydrogen) atoms. The van der Waals surface area contributed by atoms with E-state index in [1.165, 1.54) is 18.3 Å². The van der Waals surface area contributed by atoms with Crippen molar-refractivity contribution in [3.63, 3.8) is 0 Å². The van der Waals surface area contributed by atoms with Crippen molar-refractivity contribution < 1.29 is 13.2 Å². The van der Waals surface area contributed by atoms with Gasteiger partial charge in [-0.2, -0.15) is 5.26 Å². The van der Waals surface area contributed by atoms with Gasteiger partial charge in [-0.3, -0.25) is 14.7 Å². The highest BCUT2D eigenvalue weighted by Crippen LogP contribution is 2.16. The van der Waals surface area contributed by atoms with Gasteiger partial charge in [0.15, 0.2) is 5.82 Å². The van der Waals surface area contributed by atoms with Crippen molar-refractivity contribution in [2.24, 2.45) is 0 Å². The van der Waals surface area contributed by atoms with Crippen LogP contribution in [0.4, 0.5) is 0 Å². The quantitative estimate of drug-likeness (QED) is 0.687. The van der Waals surface area contributed by atoms with E-state index in [-0.39, 0.29) is 16.3 Å². The number of hydrogen-bond donors (Lipinski definition) is 2. The molecule has 0 fully saturated rings. The molecule has 1 aromatic carbocycles. The molecule has 9 nitrogen and oxygen atoms in total. The normalized spacial score (nSPS) is 11.0. The van der Waals surface area contributed by atoms with Crippen molar-refractivity contribution >= 4 is 15.9 Å². The number of aromatic amines is 1. The van der Waals surface area contributed by atoms with Crippen molar-refractivity contribution in [3.05, 3.63) is 64.7 Å². The molecule has 1 amide bonds. The number of benzene rings is 1. The Kier molecular flexibility index (Phi) is 4.62. The first-order valence-corrected chi connectivity index (χ1v) is 9.11. The number of H-pyrrole nitrogens is 1. The second kappa shape index (κ2) is 6.89. The number of nitriles is 1. The molecule has 136 valence electrons. The van der Waals surface area contributed by atoms with Gasteiger partial charge in [0.2, 0.25) is 5.91 Å². The average Bonchev–Trinajstić information content (AvgIpc) is 3.02. The van der Waals surface area contributed by atoms with Crippen LogP contribution >= 0.6 is 0 Å². The van der Waals surface area contributed by atoms with Gasteiger partial charge in [0.1, 0.15) is 4.90 Å². The molecule has 0 aliphatic heterocycles. The van der Waals surface area contributed by atoms with Crippen molar-refractivity contribution in [1.29, 1.82) is 5.26 Å². The maximum absolute atomic E-state index is 12.6. The zero-order chi connectivity index (χ0) is 19.6. The van der Waals surface area contributed by atoms with Crippen molar-refractivity contribution in [2.75, 3.05) is 0 Å². The molecule has 0 saturated carbocycles. The van der Waals surface area contributed by atoms with Crippen molar-refractivity contribution in [1.82, 2.24) is 19.5 Å². The van der Waals surface area contributed by atoms with Gasteiger partial charge in [0.05, 0.1) is 17.2 Å². The molecular weight excluding hydrogens is 370 g/mol. The lowest BCUT2D eigenvalue weighted by atomic mass is 10.1. The molecule has 2 N–H and O–H groups in total. The standard InChI is InChI=1S/C17H13N5O4S/c1-11(23)21-27(25,26)14-6-7-16(19-9-14)22-17(24)15(10-20-22)13-4-2-12(8-18)3-5-13/h2-7,9-10,20H,1H3,(H,21,23). The molecule has 0 bridgehead atoms. The summed E-state index contributed by atoms with van der Waals surface area (Å²) in [6.07, 6.45) is 2.54. The summed E-state index contributed by atoms with van der Waals surface area (Å²) in [7, 11) is -4.00. The fourth-order valence-corrected chi connectivity index (χ4v) is 3.32. The van der Waals surface area contributed by atoms with Crippen LogP contribution in [0.1, 0.15) is 12.5 Å². The van der Waals surface area contributed by atoms with Crippen LogP contribution in [-0.4, -0.2) is 29.1 Å².